The SMILES string of the molecule is NC1C2CCCOC2C1NC(=O)c1cc(F)ccc1F. The fourth-order valence-corrected chi connectivity index (χ4v) is 3.03. The molecule has 1 amide bonds. The van der Waals surface area contributed by atoms with Crippen molar-refractivity contribution in [2.24, 2.45) is 11.7 Å². The van der Waals surface area contributed by atoms with E-state index in [1.165, 1.54) is 0 Å². The maximum Gasteiger partial charge on any atom is 0.254 e. The maximum atomic E-state index is 13.5. The molecule has 1 heterocycles. The lowest BCUT2D eigenvalue weighted by molar-refractivity contribution is -0.117. The van der Waals surface area contributed by atoms with Crippen LogP contribution in [0, 0.1) is 17.6 Å². The molecule has 4 unspecified atom stereocenters. The summed E-state index contributed by atoms with van der Waals surface area (Å²) >= 11 is 0. The fraction of sp³-hybridized carbons (Fsp3) is 0.500. The lowest BCUT2D eigenvalue weighted by atomic mass is 9.68. The maximum absolute atomic E-state index is 13.5. The first-order valence-corrected chi connectivity index (χ1v) is 6.71. The van der Waals surface area contributed by atoms with Crippen LogP contribution in [0.1, 0.15) is 23.2 Å². The second kappa shape index (κ2) is 5.10. The van der Waals surface area contributed by atoms with E-state index in [0.29, 0.717) is 6.61 Å². The molecule has 1 aliphatic carbocycles. The zero-order chi connectivity index (χ0) is 14.3. The van der Waals surface area contributed by atoms with Crippen LogP contribution in [-0.4, -0.2) is 30.7 Å². The molecule has 3 N–H and O–H groups in total. The smallest absolute Gasteiger partial charge is 0.254 e. The number of nitrogens with two attached hydrogens (primary N) is 1. The van der Waals surface area contributed by atoms with Crippen molar-refractivity contribution in [1.29, 1.82) is 0 Å². The Morgan fingerprint density at radius 2 is 2.20 bits per heavy atom. The van der Waals surface area contributed by atoms with Gasteiger partial charge in [-0.2, -0.15) is 0 Å². The molecule has 2 aliphatic rings. The molecule has 0 aromatic heterocycles. The number of halogens is 2. The fourth-order valence-electron chi connectivity index (χ4n) is 3.03. The number of nitrogens with one attached hydrogen (secondary N) is 1. The number of hydrogen-bond donors (Lipinski definition) is 2. The van der Waals surface area contributed by atoms with Crippen molar-refractivity contribution < 1.29 is 18.3 Å². The van der Waals surface area contributed by atoms with Crippen LogP contribution in [0.2, 0.25) is 0 Å². The molecular formula is C14H16F2N2O2. The second-order valence-electron chi connectivity index (χ2n) is 5.34. The molecule has 2 fully saturated rings. The molecule has 3 rings (SSSR count). The van der Waals surface area contributed by atoms with Crippen molar-refractivity contribution in [1.82, 2.24) is 5.32 Å². The topological polar surface area (TPSA) is 64.3 Å². The van der Waals surface area contributed by atoms with E-state index in [-0.39, 0.29) is 29.7 Å². The standard InChI is InChI=1S/C14H16F2N2O2/c15-7-3-4-10(16)9(6-7)14(19)18-12-11(17)8-2-1-5-20-13(8)12/h3-4,6,8,11-13H,1-2,5,17H2,(H,18,19). The van der Waals surface area contributed by atoms with Crippen LogP contribution in [0.15, 0.2) is 18.2 Å². The second-order valence-corrected chi connectivity index (χ2v) is 5.34. The van der Waals surface area contributed by atoms with Crippen molar-refractivity contribution >= 4 is 5.91 Å². The molecule has 0 radical (unpaired) electrons. The normalized spacial score (nSPS) is 32.1. The van der Waals surface area contributed by atoms with Gasteiger partial charge in [-0.3, -0.25) is 4.79 Å². The van der Waals surface area contributed by atoms with Gasteiger partial charge in [0.1, 0.15) is 11.6 Å². The molecule has 108 valence electrons. The monoisotopic (exact) mass is 282 g/mol. The summed E-state index contributed by atoms with van der Waals surface area (Å²) in [5.74, 6) is -1.82. The van der Waals surface area contributed by atoms with E-state index in [1.807, 2.05) is 0 Å². The van der Waals surface area contributed by atoms with Gasteiger partial charge in [0, 0.05) is 18.6 Å². The van der Waals surface area contributed by atoms with Crippen LogP contribution in [0.5, 0.6) is 0 Å². The van der Waals surface area contributed by atoms with Gasteiger partial charge in [-0.1, -0.05) is 0 Å². The first-order valence-electron chi connectivity index (χ1n) is 6.71. The van der Waals surface area contributed by atoms with E-state index in [2.05, 4.69) is 5.32 Å². The summed E-state index contributed by atoms with van der Waals surface area (Å²) in [6.07, 6.45) is 1.83. The molecular weight excluding hydrogens is 266 g/mol. The highest BCUT2D eigenvalue weighted by Crippen LogP contribution is 2.37. The van der Waals surface area contributed by atoms with E-state index >= 15 is 0 Å². The number of carbonyl (C=O) groups is 1. The Labute approximate surface area is 115 Å². The van der Waals surface area contributed by atoms with Crippen LogP contribution in [0.25, 0.3) is 0 Å². The van der Waals surface area contributed by atoms with E-state index in [0.717, 1.165) is 31.0 Å². The molecule has 1 aromatic carbocycles. The van der Waals surface area contributed by atoms with Crippen LogP contribution in [-0.2, 0) is 4.74 Å². The molecule has 1 saturated carbocycles. The van der Waals surface area contributed by atoms with Crippen molar-refractivity contribution in [3.05, 3.63) is 35.4 Å². The third-order valence-electron chi connectivity index (χ3n) is 4.15. The summed E-state index contributed by atoms with van der Waals surface area (Å²) in [6.45, 7) is 0.647. The Bertz CT molecular complexity index is 538. The molecule has 4 nitrogen and oxygen atoms in total. The van der Waals surface area contributed by atoms with E-state index in [4.69, 9.17) is 10.5 Å². The minimum Gasteiger partial charge on any atom is -0.376 e. The summed E-state index contributed by atoms with van der Waals surface area (Å²) in [5, 5.41) is 2.65. The van der Waals surface area contributed by atoms with Crippen LogP contribution in [0.4, 0.5) is 8.78 Å². The third-order valence-corrected chi connectivity index (χ3v) is 4.15. The highest BCUT2D eigenvalue weighted by atomic mass is 19.1. The van der Waals surface area contributed by atoms with Crippen molar-refractivity contribution in [2.45, 2.75) is 31.0 Å². The van der Waals surface area contributed by atoms with Gasteiger partial charge < -0.3 is 15.8 Å². The number of amides is 1. The Morgan fingerprint density at radius 1 is 1.40 bits per heavy atom. The molecule has 0 spiro atoms. The average Bonchev–Trinajstić information content (AvgIpc) is 2.46. The predicted molar refractivity (Wildman–Crippen MR) is 68.1 cm³/mol. The first-order chi connectivity index (χ1) is 9.58. The Balaban J connectivity index is 1.71. The van der Waals surface area contributed by atoms with Crippen molar-refractivity contribution in [3.8, 4) is 0 Å². The van der Waals surface area contributed by atoms with E-state index < -0.39 is 17.5 Å². The van der Waals surface area contributed by atoms with Gasteiger partial charge in [0.25, 0.3) is 5.91 Å². The first kappa shape index (κ1) is 13.5. The number of hydrogen-bond acceptors (Lipinski definition) is 3. The molecule has 1 aromatic rings. The average molecular weight is 282 g/mol. The Kier molecular flexibility index (Phi) is 3.43. The Morgan fingerprint density at radius 3 is 3.00 bits per heavy atom. The summed E-state index contributed by atoms with van der Waals surface area (Å²) in [6, 6.07) is 2.26. The van der Waals surface area contributed by atoms with Crippen molar-refractivity contribution in [2.75, 3.05) is 6.61 Å². The van der Waals surface area contributed by atoms with Gasteiger partial charge in [0.15, 0.2) is 0 Å². The number of ether oxygens (including phenoxy) is 1. The summed E-state index contributed by atoms with van der Waals surface area (Å²) in [4.78, 5) is 12.0. The number of rotatable bonds is 2. The van der Waals surface area contributed by atoms with Gasteiger partial charge in [0.2, 0.25) is 0 Å². The van der Waals surface area contributed by atoms with Gasteiger partial charge in [-0.05, 0) is 31.0 Å². The molecule has 1 saturated heterocycles. The predicted octanol–water partition coefficient (Wildman–Crippen LogP) is 1.20. The van der Waals surface area contributed by atoms with Crippen LogP contribution < -0.4 is 11.1 Å². The minimum atomic E-state index is -0.752. The molecule has 0 bridgehead atoms. The van der Waals surface area contributed by atoms with E-state index in [1.54, 1.807) is 0 Å². The summed E-state index contributed by atoms with van der Waals surface area (Å²) < 4.78 is 32.2. The highest BCUT2D eigenvalue weighted by Gasteiger charge is 2.51. The summed E-state index contributed by atoms with van der Waals surface area (Å²) in [5.41, 5.74) is 5.70. The quantitative estimate of drug-likeness (QED) is 0.856. The zero-order valence-corrected chi connectivity index (χ0v) is 10.8. The molecule has 1 aliphatic heterocycles. The molecule has 4 atom stereocenters. The van der Waals surface area contributed by atoms with E-state index in [9.17, 15) is 13.6 Å². The number of fused-ring (bicyclic) bond motifs is 1. The third kappa shape index (κ3) is 2.19. The number of carbonyl (C=O) groups excluding carboxylic acids is 1. The molecule has 20 heavy (non-hydrogen) atoms. The highest BCUT2D eigenvalue weighted by molar-refractivity contribution is 5.94. The molecule has 6 heteroatoms. The Hall–Kier alpha value is -1.53. The lowest BCUT2D eigenvalue weighted by Gasteiger charge is -2.52. The zero-order valence-electron chi connectivity index (χ0n) is 10.8. The largest absolute Gasteiger partial charge is 0.376 e. The van der Waals surface area contributed by atoms with Gasteiger partial charge in [-0.25, -0.2) is 8.78 Å². The lowest BCUT2D eigenvalue weighted by Crippen LogP contribution is -2.72. The number of benzene rings is 1. The van der Waals surface area contributed by atoms with Crippen molar-refractivity contribution in [3.63, 3.8) is 0 Å². The van der Waals surface area contributed by atoms with Gasteiger partial charge >= 0.3 is 0 Å². The van der Waals surface area contributed by atoms with Gasteiger partial charge in [-0.15, -0.1) is 0 Å². The van der Waals surface area contributed by atoms with Crippen LogP contribution in [0.3, 0.4) is 0 Å². The minimum absolute atomic E-state index is 0.112. The van der Waals surface area contributed by atoms with Gasteiger partial charge in [0.05, 0.1) is 17.7 Å². The van der Waals surface area contributed by atoms with Crippen LogP contribution >= 0.6 is 0 Å². The summed E-state index contributed by atoms with van der Waals surface area (Å²) in [7, 11) is 0.